The highest BCUT2D eigenvalue weighted by Crippen LogP contribution is 2.16. The van der Waals surface area contributed by atoms with Crippen molar-refractivity contribution in [2.45, 2.75) is 303 Å². The molecule has 0 rings (SSSR count). The van der Waals surface area contributed by atoms with Gasteiger partial charge in [-0.25, -0.2) is 0 Å². The number of allylic oxidation sites excluding steroid dienone is 6. The average Bonchev–Trinajstić information content (AvgIpc) is 3.29. The summed E-state index contributed by atoms with van der Waals surface area (Å²) in [5, 5.41) is 0. The van der Waals surface area contributed by atoms with Crippen molar-refractivity contribution in [3.8, 4) is 0 Å². The van der Waals surface area contributed by atoms with Crippen molar-refractivity contribution in [3.05, 3.63) is 36.5 Å². The molecule has 0 aromatic heterocycles. The van der Waals surface area contributed by atoms with Crippen LogP contribution in [-0.2, 0) is 28.6 Å². The van der Waals surface area contributed by atoms with E-state index < -0.39 is 6.10 Å². The van der Waals surface area contributed by atoms with E-state index in [0.29, 0.717) is 19.3 Å². The number of hydrogen-bond acceptors (Lipinski definition) is 6. The third-order valence-electron chi connectivity index (χ3n) is 12.4. The second-order valence-electron chi connectivity index (χ2n) is 18.9. The molecule has 0 N–H and O–H groups in total. The Kier molecular flexibility index (Phi) is 51.3. The van der Waals surface area contributed by atoms with Gasteiger partial charge in [0.25, 0.3) is 0 Å². The normalized spacial score (nSPS) is 12.2. The summed E-state index contributed by atoms with van der Waals surface area (Å²) in [5.74, 6) is -0.863. The molecule has 0 aromatic rings. The molecule has 0 saturated heterocycles. The van der Waals surface area contributed by atoms with E-state index in [1.807, 2.05) is 0 Å². The standard InChI is InChI=1S/C58H106O6/c1-4-7-10-13-16-19-21-23-24-25-26-27-28-29-30-31-32-33-34-35-37-39-42-45-48-51-57(60)63-54-55(53-62-56(59)50-47-44-41-38-18-15-12-9-6-3)64-58(61)52-49-46-43-40-36-22-20-17-14-11-8-5-2/h21,23,25-26,28-29,55H,4-20,22,24,27,30-54H2,1-3H3/b23-21-,26-25-,29-28-. The predicted octanol–water partition coefficient (Wildman–Crippen LogP) is 18.5. The number of esters is 3. The van der Waals surface area contributed by atoms with E-state index in [-0.39, 0.29) is 31.1 Å². The maximum absolute atomic E-state index is 12.8. The zero-order valence-corrected chi connectivity index (χ0v) is 42.8. The van der Waals surface area contributed by atoms with Gasteiger partial charge in [-0.05, 0) is 57.8 Å². The van der Waals surface area contributed by atoms with Crippen molar-refractivity contribution in [1.82, 2.24) is 0 Å². The van der Waals surface area contributed by atoms with Gasteiger partial charge in [0, 0.05) is 19.3 Å². The zero-order valence-electron chi connectivity index (χ0n) is 42.8. The van der Waals surface area contributed by atoms with Crippen molar-refractivity contribution in [3.63, 3.8) is 0 Å². The first-order valence-corrected chi connectivity index (χ1v) is 28.0. The quantitative estimate of drug-likeness (QED) is 0.0262. The molecule has 0 saturated carbocycles. The molecule has 0 bridgehead atoms. The van der Waals surface area contributed by atoms with Gasteiger partial charge < -0.3 is 14.2 Å². The maximum atomic E-state index is 12.8. The Morgan fingerprint density at radius 2 is 0.562 bits per heavy atom. The lowest BCUT2D eigenvalue weighted by Crippen LogP contribution is -2.30. The van der Waals surface area contributed by atoms with E-state index in [2.05, 4.69) is 57.2 Å². The van der Waals surface area contributed by atoms with E-state index in [9.17, 15) is 14.4 Å². The molecule has 64 heavy (non-hydrogen) atoms. The molecule has 0 aliphatic carbocycles. The van der Waals surface area contributed by atoms with Gasteiger partial charge in [-0.1, -0.05) is 256 Å². The van der Waals surface area contributed by atoms with Gasteiger partial charge >= 0.3 is 17.9 Å². The van der Waals surface area contributed by atoms with Crippen LogP contribution in [0.5, 0.6) is 0 Å². The first-order chi connectivity index (χ1) is 31.5. The molecule has 1 atom stereocenters. The van der Waals surface area contributed by atoms with Gasteiger partial charge in [0.2, 0.25) is 0 Å². The molecule has 0 fully saturated rings. The second kappa shape index (κ2) is 53.2. The average molecular weight is 899 g/mol. The highest BCUT2D eigenvalue weighted by molar-refractivity contribution is 5.71. The summed E-state index contributed by atoms with van der Waals surface area (Å²) in [5.41, 5.74) is 0. The first-order valence-electron chi connectivity index (χ1n) is 28.0. The first kappa shape index (κ1) is 61.6. The Morgan fingerprint density at radius 3 is 0.875 bits per heavy atom. The molecule has 0 aromatic carbocycles. The van der Waals surface area contributed by atoms with Gasteiger partial charge in [0.1, 0.15) is 13.2 Å². The maximum Gasteiger partial charge on any atom is 0.306 e. The number of carbonyl (C=O) groups excluding carboxylic acids is 3. The van der Waals surface area contributed by atoms with Crippen LogP contribution in [0, 0.1) is 0 Å². The van der Waals surface area contributed by atoms with Gasteiger partial charge in [0.05, 0.1) is 0 Å². The third kappa shape index (κ3) is 50.6. The summed E-state index contributed by atoms with van der Waals surface area (Å²) in [4.78, 5) is 37.9. The molecule has 0 aliphatic rings. The lowest BCUT2D eigenvalue weighted by molar-refractivity contribution is -0.167. The number of unbranched alkanes of at least 4 members (excludes halogenated alkanes) is 34. The molecule has 6 heteroatoms. The van der Waals surface area contributed by atoms with Crippen LogP contribution in [0.4, 0.5) is 0 Å². The Bertz CT molecular complexity index is 1080. The van der Waals surface area contributed by atoms with Crippen LogP contribution in [0.2, 0.25) is 0 Å². The number of rotatable bonds is 51. The van der Waals surface area contributed by atoms with E-state index in [4.69, 9.17) is 14.2 Å². The van der Waals surface area contributed by atoms with E-state index in [1.54, 1.807) is 0 Å². The van der Waals surface area contributed by atoms with Gasteiger partial charge in [-0.15, -0.1) is 0 Å². The Labute approximate surface area is 397 Å². The lowest BCUT2D eigenvalue weighted by Gasteiger charge is -2.18. The summed E-state index contributed by atoms with van der Waals surface area (Å²) >= 11 is 0. The summed E-state index contributed by atoms with van der Waals surface area (Å²) in [6.45, 7) is 6.63. The van der Waals surface area contributed by atoms with Crippen LogP contribution >= 0.6 is 0 Å². The van der Waals surface area contributed by atoms with Crippen LogP contribution in [0.15, 0.2) is 36.5 Å². The minimum Gasteiger partial charge on any atom is -0.462 e. The Hall–Kier alpha value is -2.37. The van der Waals surface area contributed by atoms with Crippen molar-refractivity contribution in [2.75, 3.05) is 13.2 Å². The minimum atomic E-state index is -0.767. The molecule has 0 aliphatic heterocycles. The zero-order chi connectivity index (χ0) is 46.5. The third-order valence-corrected chi connectivity index (χ3v) is 12.4. The highest BCUT2D eigenvalue weighted by Gasteiger charge is 2.19. The summed E-state index contributed by atoms with van der Waals surface area (Å²) in [6.07, 6.45) is 62.9. The predicted molar refractivity (Wildman–Crippen MR) is 275 cm³/mol. The minimum absolute atomic E-state index is 0.0690. The van der Waals surface area contributed by atoms with Crippen LogP contribution in [0.1, 0.15) is 297 Å². The van der Waals surface area contributed by atoms with Crippen LogP contribution in [0.3, 0.4) is 0 Å². The Morgan fingerprint density at radius 1 is 0.312 bits per heavy atom. The smallest absolute Gasteiger partial charge is 0.306 e. The molecular weight excluding hydrogens is 793 g/mol. The number of carbonyl (C=O) groups is 3. The molecule has 1 unspecified atom stereocenters. The van der Waals surface area contributed by atoms with Crippen LogP contribution in [0.25, 0.3) is 0 Å². The number of ether oxygens (including phenoxy) is 3. The van der Waals surface area contributed by atoms with E-state index >= 15 is 0 Å². The van der Waals surface area contributed by atoms with Gasteiger partial charge in [-0.2, -0.15) is 0 Å². The monoisotopic (exact) mass is 899 g/mol. The second-order valence-corrected chi connectivity index (χ2v) is 18.9. The summed E-state index contributed by atoms with van der Waals surface area (Å²) < 4.78 is 16.8. The number of hydrogen-bond donors (Lipinski definition) is 0. The van der Waals surface area contributed by atoms with Crippen molar-refractivity contribution in [2.24, 2.45) is 0 Å². The molecule has 374 valence electrons. The van der Waals surface area contributed by atoms with E-state index in [0.717, 1.165) is 70.6 Å². The lowest BCUT2D eigenvalue weighted by atomic mass is 10.0. The molecule has 0 spiro atoms. The fraction of sp³-hybridized carbons (Fsp3) is 0.845. The molecule has 0 amide bonds. The summed E-state index contributed by atoms with van der Waals surface area (Å²) in [7, 11) is 0. The topological polar surface area (TPSA) is 78.9 Å². The van der Waals surface area contributed by atoms with Gasteiger partial charge in [0.15, 0.2) is 6.10 Å². The van der Waals surface area contributed by atoms with Gasteiger partial charge in [-0.3, -0.25) is 14.4 Å². The van der Waals surface area contributed by atoms with Crippen molar-refractivity contribution in [1.29, 1.82) is 0 Å². The van der Waals surface area contributed by atoms with Crippen LogP contribution < -0.4 is 0 Å². The largest absolute Gasteiger partial charge is 0.462 e. The fourth-order valence-electron chi connectivity index (χ4n) is 8.16. The van der Waals surface area contributed by atoms with E-state index in [1.165, 1.54) is 186 Å². The van der Waals surface area contributed by atoms with Crippen LogP contribution in [-0.4, -0.2) is 37.2 Å². The molecule has 0 radical (unpaired) electrons. The molecular formula is C58H106O6. The SMILES string of the molecule is CCCCCCC/C=C\C/C=C\C/C=C\CCCCCCCCCCCCC(=O)OCC(COC(=O)CCCCCCCCCCC)OC(=O)CCCCCCCCCCCCCC. The van der Waals surface area contributed by atoms with Crippen molar-refractivity contribution < 1.29 is 28.6 Å². The fourth-order valence-corrected chi connectivity index (χ4v) is 8.16. The highest BCUT2D eigenvalue weighted by atomic mass is 16.6. The molecule has 6 nitrogen and oxygen atoms in total. The summed E-state index contributed by atoms with van der Waals surface area (Å²) in [6, 6.07) is 0. The molecule has 0 heterocycles. The Balaban J connectivity index is 4.17. The van der Waals surface area contributed by atoms with Crippen molar-refractivity contribution >= 4 is 17.9 Å².